The third-order valence-corrected chi connectivity index (χ3v) is 5.69. The minimum absolute atomic E-state index is 0.245. The van der Waals surface area contributed by atoms with E-state index >= 15 is 0 Å². The molecule has 2 nitrogen and oxygen atoms in total. The highest BCUT2D eigenvalue weighted by Crippen LogP contribution is 2.30. The molecule has 0 unspecified atom stereocenters. The molecule has 0 radical (unpaired) electrons. The molecule has 20 heavy (non-hydrogen) atoms. The summed E-state index contributed by atoms with van der Waals surface area (Å²) in [5.41, 5.74) is 2.73. The normalized spacial score (nSPS) is 20.2. The van der Waals surface area contributed by atoms with Gasteiger partial charge in [0.15, 0.2) is 0 Å². The molecule has 2 aliphatic rings. The number of hydrogen-bond donors (Lipinski definition) is 0. The van der Waals surface area contributed by atoms with Crippen molar-refractivity contribution in [3.05, 3.63) is 33.5 Å². The molecule has 0 bridgehead atoms. The fourth-order valence-corrected chi connectivity index (χ4v) is 4.35. The lowest BCUT2D eigenvalue weighted by atomic mass is 9.99. The van der Waals surface area contributed by atoms with E-state index in [0.717, 1.165) is 37.2 Å². The molecule has 1 aromatic rings. The van der Waals surface area contributed by atoms with Crippen LogP contribution < -0.4 is 0 Å². The number of thiophene rings is 1. The molecule has 1 aliphatic carbocycles. The van der Waals surface area contributed by atoms with E-state index < -0.39 is 0 Å². The minimum Gasteiger partial charge on any atom is -0.337 e. The molecule has 1 fully saturated rings. The first-order chi connectivity index (χ1) is 9.74. The van der Waals surface area contributed by atoms with Gasteiger partial charge < -0.3 is 4.90 Å². The molecule has 1 saturated heterocycles. The van der Waals surface area contributed by atoms with Gasteiger partial charge in [-0.25, -0.2) is 0 Å². The monoisotopic (exact) mass is 289 g/mol. The van der Waals surface area contributed by atoms with E-state index in [-0.39, 0.29) is 5.91 Å². The second-order valence-electron chi connectivity index (χ2n) is 6.02. The summed E-state index contributed by atoms with van der Waals surface area (Å²) in [6.45, 7) is 5.71. The van der Waals surface area contributed by atoms with Gasteiger partial charge in [-0.3, -0.25) is 4.79 Å². The third kappa shape index (κ3) is 2.98. The van der Waals surface area contributed by atoms with Gasteiger partial charge in [-0.15, -0.1) is 11.3 Å². The van der Waals surface area contributed by atoms with Gasteiger partial charge in [-0.2, -0.15) is 0 Å². The van der Waals surface area contributed by atoms with Gasteiger partial charge in [0.25, 0.3) is 5.91 Å². The van der Waals surface area contributed by atoms with Gasteiger partial charge in [0.2, 0.25) is 0 Å². The standard InChI is InChI=1S/C17H23NOS/c1-13-8-10-18(11-9-13)17(19)16-12-14-6-4-2-3-5-7-15(14)20-16/h12H,1-11H2. The van der Waals surface area contributed by atoms with E-state index in [1.54, 1.807) is 11.3 Å². The Kier molecular flexibility index (Phi) is 4.25. The largest absolute Gasteiger partial charge is 0.337 e. The number of hydrogen-bond acceptors (Lipinski definition) is 2. The van der Waals surface area contributed by atoms with Crippen molar-refractivity contribution in [2.24, 2.45) is 0 Å². The predicted octanol–water partition coefficient (Wildman–Crippen LogP) is 4.20. The molecule has 0 spiro atoms. The van der Waals surface area contributed by atoms with Crippen molar-refractivity contribution in [3.63, 3.8) is 0 Å². The number of piperidine rings is 1. The topological polar surface area (TPSA) is 20.3 Å². The van der Waals surface area contributed by atoms with Crippen LogP contribution in [-0.2, 0) is 12.8 Å². The molecule has 1 aromatic heterocycles. The van der Waals surface area contributed by atoms with Gasteiger partial charge >= 0.3 is 0 Å². The smallest absolute Gasteiger partial charge is 0.263 e. The van der Waals surface area contributed by atoms with Crippen LogP contribution in [0.5, 0.6) is 0 Å². The van der Waals surface area contributed by atoms with Crippen LogP contribution in [0, 0.1) is 0 Å². The Bertz CT molecular complexity index is 482. The van der Waals surface area contributed by atoms with Crippen LogP contribution in [0.3, 0.4) is 0 Å². The molecular weight excluding hydrogens is 266 g/mol. The fourth-order valence-electron chi connectivity index (χ4n) is 3.13. The highest BCUT2D eigenvalue weighted by Gasteiger charge is 2.22. The van der Waals surface area contributed by atoms with Crippen molar-refractivity contribution in [1.29, 1.82) is 0 Å². The van der Waals surface area contributed by atoms with Gasteiger partial charge in [0, 0.05) is 18.0 Å². The molecule has 0 N–H and O–H groups in total. The lowest BCUT2D eigenvalue weighted by Crippen LogP contribution is -2.35. The third-order valence-electron chi connectivity index (χ3n) is 4.47. The number of carbonyl (C=O) groups is 1. The number of carbonyl (C=O) groups excluding carboxylic acids is 1. The highest BCUT2D eigenvalue weighted by molar-refractivity contribution is 7.14. The lowest BCUT2D eigenvalue weighted by molar-refractivity contribution is 0.0748. The summed E-state index contributed by atoms with van der Waals surface area (Å²) in [6, 6.07) is 2.18. The maximum atomic E-state index is 12.6. The van der Waals surface area contributed by atoms with Crippen molar-refractivity contribution in [1.82, 2.24) is 4.90 Å². The van der Waals surface area contributed by atoms with Crippen LogP contribution in [0.2, 0.25) is 0 Å². The van der Waals surface area contributed by atoms with E-state index in [0.29, 0.717) is 0 Å². The quantitative estimate of drug-likeness (QED) is 0.710. The fraction of sp³-hybridized carbons (Fsp3) is 0.588. The average Bonchev–Trinajstić information content (AvgIpc) is 2.81. The summed E-state index contributed by atoms with van der Waals surface area (Å²) >= 11 is 1.75. The first-order valence-corrected chi connectivity index (χ1v) is 8.63. The van der Waals surface area contributed by atoms with Crippen molar-refractivity contribution in [3.8, 4) is 0 Å². The van der Waals surface area contributed by atoms with E-state index in [1.165, 1.54) is 48.1 Å². The summed E-state index contributed by atoms with van der Waals surface area (Å²) in [4.78, 5) is 17.0. The van der Waals surface area contributed by atoms with Crippen LogP contribution in [0.4, 0.5) is 0 Å². The Morgan fingerprint density at radius 1 is 1.05 bits per heavy atom. The molecule has 108 valence electrons. The Labute approximate surface area is 125 Å². The molecule has 3 heteroatoms. The Morgan fingerprint density at radius 3 is 2.50 bits per heavy atom. The zero-order valence-electron chi connectivity index (χ0n) is 12.1. The van der Waals surface area contributed by atoms with Crippen molar-refractivity contribution in [2.75, 3.05) is 13.1 Å². The van der Waals surface area contributed by atoms with Crippen LogP contribution in [0.1, 0.15) is 58.6 Å². The minimum atomic E-state index is 0.245. The Hall–Kier alpha value is -1.09. The van der Waals surface area contributed by atoms with Gasteiger partial charge in [0.05, 0.1) is 4.88 Å². The zero-order chi connectivity index (χ0) is 13.9. The van der Waals surface area contributed by atoms with Gasteiger partial charge in [-0.1, -0.05) is 25.0 Å². The first kappa shape index (κ1) is 13.9. The predicted molar refractivity (Wildman–Crippen MR) is 84.5 cm³/mol. The molecule has 0 aromatic carbocycles. The molecule has 1 aliphatic heterocycles. The van der Waals surface area contributed by atoms with Crippen LogP contribution in [0.25, 0.3) is 0 Å². The summed E-state index contributed by atoms with van der Waals surface area (Å²) in [6.07, 6.45) is 9.51. The van der Waals surface area contributed by atoms with Crippen molar-refractivity contribution < 1.29 is 4.79 Å². The van der Waals surface area contributed by atoms with Crippen molar-refractivity contribution in [2.45, 2.75) is 51.4 Å². The number of likely N-dealkylation sites (tertiary alicyclic amines) is 1. The van der Waals surface area contributed by atoms with E-state index in [1.807, 2.05) is 4.90 Å². The molecule has 0 saturated carbocycles. The second-order valence-corrected chi connectivity index (χ2v) is 7.15. The molecule has 2 heterocycles. The van der Waals surface area contributed by atoms with Crippen LogP contribution in [0.15, 0.2) is 18.2 Å². The van der Waals surface area contributed by atoms with E-state index in [9.17, 15) is 4.79 Å². The average molecular weight is 289 g/mol. The number of nitrogens with zero attached hydrogens (tertiary/aromatic N) is 1. The maximum Gasteiger partial charge on any atom is 0.263 e. The van der Waals surface area contributed by atoms with E-state index in [4.69, 9.17) is 0 Å². The van der Waals surface area contributed by atoms with Gasteiger partial charge in [-0.05, 0) is 50.2 Å². The SMILES string of the molecule is C=C1CCN(C(=O)c2cc3c(s2)CCCCCC3)CC1. The van der Waals surface area contributed by atoms with Crippen LogP contribution in [-0.4, -0.2) is 23.9 Å². The second kappa shape index (κ2) is 6.13. The Morgan fingerprint density at radius 2 is 1.75 bits per heavy atom. The summed E-state index contributed by atoms with van der Waals surface area (Å²) in [5, 5.41) is 0. The molecule has 3 rings (SSSR count). The maximum absolute atomic E-state index is 12.6. The first-order valence-electron chi connectivity index (χ1n) is 7.81. The Balaban J connectivity index is 1.74. The summed E-state index contributed by atoms with van der Waals surface area (Å²) in [7, 11) is 0. The summed E-state index contributed by atoms with van der Waals surface area (Å²) in [5.74, 6) is 0.245. The molecule has 1 amide bonds. The number of amides is 1. The van der Waals surface area contributed by atoms with E-state index in [2.05, 4.69) is 12.6 Å². The number of fused-ring (bicyclic) bond motifs is 1. The molecular formula is C17H23NOS. The van der Waals surface area contributed by atoms with Gasteiger partial charge in [0.1, 0.15) is 0 Å². The molecule has 0 atom stereocenters. The summed E-state index contributed by atoms with van der Waals surface area (Å²) < 4.78 is 0. The number of rotatable bonds is 1. The van der Waals surface area contributed by atoms with Crippen LogP contribution >= 0.6 is 11.3 Å². The number of aryl methyl sites for hydroxylation is 2. The van der Waals surface area contributed by atoms with Crippen molar-refractivity contribution >= 4 is 17.2 Å². The lowest BCUT2D eigenvalue weighted by Gasteiger charge is -2.27. The zero-order valence-corrected chi connectivity index (χ0v) is 12.9. The highest BCUT2D eigenvalue weighted by atomic mass is 32.1.